The summed E-state index contributed by atoms with van der Waals surface area (Å²) in [5.41, 5.74) is 1.65. The summed E-state index contributed by atoms with van der Waals surface area (Å²) in [4.78, 5) is 12.0. The number of aryl methyl sites for hydroxylation is 2. The highest BCUT2D eigenvalue weighted by Crippen LogP contribution is 2.20. The third-order valence-corrected chi connectivity index (χ3v) is 3.70. The highest BCUT2D eigenvalue weighted by atomic mass is 79.9. The van der Waals surface area contributed by atoms with Crippen LogP contribution < -0.4 is 5.32 Å². The lowest BCUT2D eigenvalue weighted by Crippen LogP contribution is -2.24. The minimum absolute atomic E-state index is 0.131. The number of amides is 1. The molecule has 0 bridgehead atoms. The molecule has 0 saturated carbocycles. The predicted octanol–water partition coefficient (Wildman–Crippen LogP) is 1.82. The summed E-state index contributed by atoms with van der Waals surface area (Å²) >= 11 is 3.42. The summed E-state index contributed by atoms with van der Waals surface area (Å²) in [5.74, 6) is 0.584. The van der Waals surface area contributed by atoms with Crippen molar-refractivity contribution in [3.8, 4) is 0 Å². The lowest BCUT2D eigenvalue weighted by molar-refractivity contribution is 0.0948. The number of rotatable bonds is 3. The van der Waals surface area contributed by atoms with E-state index in [-0.39, 0.29) is 5.91 Å². The summed E-state index contributed by atoms with van der Waals surface area (Å²) in [7, 11) is 1.84. The molecule has 0 aliphatic heterocycles. The van der Waals surface area contributed by atoms with Gasteiger partial charge < -0.3 is 9.88 Å². The first-order chi connectivity index (χ1) is 8.59. The van der Waals surface area contributed by atoms with Crippen LogP contribution in [0.15, 0.2) is 29.0 Å². The zero-order valence-electron chi connectivity index (χ0n) is 10.1. The molecular weight excluding hydrogens is 296 g/mol. The highest BCUT2D eigenvalue weighted by molar-refractivity contribution is 9.10. The standard InChI is InChI=1S/C12H13BrN4O/c1-8-4-3-5-9(11(8)13)12(18)14-6-10-16-15-7-17(10)2/h3-5,7H,6H2,1-2H3,(H,14,18). The van der Waals surface area contributed by atoms with E-state index in [4.69, 9.17) is 0 Å². The molecule has 0 aliphatic rings. The summed E-state index contributed by atoms with van der Waals surface area (Å²) in [6.07, 6.45) is 1.60. The molecule has 0 spiro atoms. The smallest absolute Gasteiger partial charge is 0.252 e. The Morgan fingerprint density at radius 3 is 2.94 bits per heavy atom. The summed E-state index contributed by atoms with van der Waals surface area (Å²) in [6.45, 7) is 2.30. The number of carbonyl (C=O) groups is 1. The molecule has 1 aromatic carbocycles. The first kappa shape index (κ1) is 12.8. The van der Waals surface area contributed by atoms with Crippen molar-refractivity contribution >= 4 is 21.8 Å². The van der Waals surface area contributed by atoms with Gasteiger partial charge in [-0.2, -0.15) is 0 Å². The van der Waals surface area contributed by atoms with E-state index in [2.05, 4.69) is 31.4 Å². The van der Waals surface area contributed by atoms with Gasteiger partial charge in [-0.05, 0) is 34.5 Å². The molecule has 0 saturated heterocycles. The van der Waals surface area contributed by atoms with Crippen molar-refractivity contribution in [2.45, 2.75) is 13.5 Å². The van der Waals surface area contributed by atoms with Gasteiger partial charge in [0.2, 0.25) is 0 Å². The third-order valence-electron chi connectivity index (χ3n) is 2.65. The van der Waals surface area contributed by atoms with Crippen LogP contribution in [0.2, 0.25) is 0 Å². The summed E-state index contributed by atoms with van der Waals surface area (Å²) in [6, 6.07) is 5.59. The van der Waals surface area contributed by atoms with Crippen LogP contribution in [-0.2, 0) is 13.6 Å². The van der Waals surface area contributed by atoms with Gasteiger partial charge in [0.25, 0.3) is 5.91 Å². The van der Waals surface area contributed by atoms with E-state index < -0.39 is 0 Å². The molecule has 1 amide bonds. The van der Waals surface area contributed by atoms with Crippen LogP contribution in [0.3, 0.4) is 0 Å². The van der Waals surface area contributed by atoms with Crippen LogP contribution in [0.25, 0.3) is 0 Å². The van der Waals surface area contributed by atoms with E-state index in [9.17, 15) is 4.79 Å². The Morgan fingerprint density at radius 1 is 1.50 bits per heavy atom. The van der Waals surface area contributed by atoms with Crippen LogP contribution in [-0.4, -0.2) is 20.7 Å². The molecule has 0 radical (unpaired) electrons. The average Bonchev–Trinajstić information content (AvgIpc) is 2.75. The number of nitrogens with zero attached hydrogens (tertiary/aromatic N) is 3. The Balaban J connectivity index is 2.09. The average molecular weight is 309 g/mol. The number of hydrogen-bond donors (Lipinski definition) is 1. The van der Waals surface area contributed by atoms with Crippen LogP contribution in [0.5, 0.6) is 0 Å². The van der Waals surface area contributed by atoms with E-state index in [1.807, 2.05) is 26.1 Å². The fourth-order valence-corrected chi connectivity index (χ4v) is 1.99. The van der Waals surface area contributed by atoms with Gasteiger partial charge in [0.05, 0.1) is 12.1 Å². The predicted molar refractivity (Wildman–Crippen MR) is 71.1 cm³/mol. The molecule has 18 heavy (non-hydrogen) atoms. The molecule has 2 aromatic rings. The van der Waals surface area contributed by atoms with Gasteiger partial charge in [-0.1, -0.05) is 12.1 Å². The molecule has 0 unspecified atom stereocenters. The molecule has 0 fully saturated rings. The van der Waals surface area contributed by atoms with Gasteiger partial charge in [0.1, 0.15) is 6.33 Å². The fourth-order valence-electron chi connectivity index (χ4n) is 1.54. The quantitative estimate of drug-likeness (QED) is 0.941. The zero-order chi connectivity index (χ0) is 13.1. The van der Waals surface area contributed by atoms with E-state index >= 15 is 0 Å². The van der Waals surface area contributed by atoms with Crippen molar-refractivity contribution in [3.63, 3.8) is 0 Å². The monoisotopic (exact) mass is 308 g/mol. The number of carbonyl (C=O) groups excluding carboxylic acids is 1. The van der Waals surface area contributed by atoms with Gasteiger partial charge >= 0.3 is 0 Å². The van der Waals surface area contributed by atoms with Gasteiger partial charge in [0.15, 0.2) is 5.82 Å². The van der Waals surface area contributed by atoms with Crippen molar-refractivity contribution in [2.75, 3.05) is 0 Å². The highest BCUT2D eigenvalue weighted by Gasteiger charge is 2.11. The number of hydrogen-bond acceptors (Lipinski definition) is 3. The summed E-state index contributed by atoms with van der Waals surface area (Å²) in [5, 5.41) is 10.5. The number of aromatic nitrogens is 3. The molecule has 2 rings (SSSR count). The fraction of sp³-hybridized carbons (Fsp3) is 0.250. The Morgan fingerprint density at radius 2 is 2.28 bits per heavy atom. The first-order valence-electron chi connectivity index (χ1n) is 5.46. The van der Waals surface area contributed by atoms with Crippen molar-refractivity contribution in [1.29, 1.82) is 0 Å². The number of nitrogens with one attached hydrogen (secondary N) is 1. The van der Waals surface area contributed by atoms with Gasteiger partial charge in [-0.25, -0.2) is 0 Å². The number of halogens is 1. The second-order valence-electron chi connectivity index (χ2n) is 3.98. The van der Waals surface area contributed by atoms with Crippen molar-refractivity contribution < 1.29 is 4.79 Å². The van der Waals surface area contributed by atoms with Crippen LogP contribution >= 0.6 is 15.9 Å². The van der Waals surface area contributed by atoms with Crippen molar-refractivity contribution in [3.05, 3.63) is 46.0 Å². The van der Waals surface area contributed by atoms with Crippen molar-refractivity contribution in [2.24, 2.45) is 7.05 Å². The van der Waals surface area contributed by atoms with E-state index in [0.29, 0.717) is 17.9 Å². The summed E-state index contributed by atoms with van der Waals surface area (Å²) < 4.78 is 2.59. The molecular formula is C12H13BrN4O. The lowest BCUT2D eigenvalue weighted by atomic mass is 10.1. The Kier molecular flexibility index (Phi) is 3.76. The van der Waals surface area contributed by atoms with E-state index in [1.165, 1.54) is 0 Å². The minimum Gasteiger partial charge on any atom is -0.345 e. The first-order valence-corrected chi connectivity index (χ1v) is 6.25. The maximum Gasteiger partial charge on any atom is 0.252 e. The third kappa shape index (κ3) is 2.59. The molecule has 1 aromatic heterocycles. The molecule has 0 aliphatic carbocycles. The Bertz CT molecular complexity index is 579. The SMILES string of the molecule is Cc1cccc(C(=O)NCc2nncn2C)c1Br. The van der Waals surface area contributed by atoms with Gasteiger partial charge in [-0.15, -0.1) is 10.2 Å². The second-order valence-corrected chi connectivity index (χ2v) is 4.77. The van der Waals surface area contributed by atoms with Gasteiger partial charge in [-0.3, -0.25) is 4.79 Å². The maximum absolute atomic E-state index is 12.0. The Hall–Kier alpha value is -1.69. The lowest BCUT2D eigenvalue weighted by Gasteiger charge is -2.08. The van der Waals surface area contributed by atoms with Crippen molar-refractivity contribution in [1.82, 2.24) is 20.1 Å². The Labute approximate surface area is 113 Å². The molecule has 6 heteroatoms. The van der Waals surface area contributed by atoms with Crippen LogP contribution in [0, 0.1) is 6.92 Å². The maximum atomic E-state index is 12.0. The zero-order valence-corrected chi connectivity index (χ0v) is 11.7. The molecule has 1 heterocycles. The van der Waals surface area contributed by atoms with E-state index in [0.717, 1.165) is 10.0 Å². The topological polar surface area (TPSA) is 59.8 Å². The molecule has 1 N–H and O–H groups in total. The normalized spacial score (nSPS) is 10.4. The van der Waals surface area contributed by atoms with E-state index in [1.54, 1.807) is 17.0 Å². The van der Waals surface area contributed by atoms with Crippen LogP contribution in [0.1, 0.15) is 21.7 Å². The van der Waals surface area contributed by atoms with Crippen LogP contribution in [0.4, 0.5) is 0 Å². The molecule has 94 valence electrons. The molecule has 0 atom stereocenters. The second kappa shape index (κ2) is 5.30. The largest absolute Gasteiger partial charge is 0.345 e. The molecule has 5 nitrogen and oxygen atoms in total. The minimum atomic E-state index is -0.131. The number of benzene rings is 1. The van der Waals surface area contributed by atoms with Gasteiger partial charge in [0, 0.05) is 11.5 Å².